The second-order valence-electron chi connectivity index (χ2n) is 7.49. The predicted molar refractivity (Wildman–Crippen MR) is 115 cm³/mol. The molecule has 136 valence electrons. The van der Waals surface area contributed by atoms with E-state index in [9.17, 15) is 5.11 Å². The Bertz CT molecular complexity index is 1130. The first kappa shape index (κ1) is 17.8. The molecule has 0 spiro atoms. The maximum absolute atomic E-state index is 9.65. The van der Waals surface area contributed by atoms with E-state index >= 15 is 0 Å². The van der Waals surface area contributed by atoms with Crippen molar-refractivity contribution in [1.29, 1.82) is 0 Å². The Labute approximate surface area is 165 Å². The maximum Gasteiger partial charge on any atom is 0.115 e. The fraction of sp³-hybridized carbons (Fsp3) is 0.208. The summed E-state index contributed by atoms with van der Waals surface area (Å²) in [6.07, 6.45) is 3.38. The molecule has 0 aliphatic heterocycles. The van der Waals surface area contributed by atoms with Gasteiger partial charge >= 0.3 is 0 Å². The molecule has 0 saturated carbocycles. The van der Waals surface area contributed by atoms with Crippen LogP contribution in [-0.4, -0.2) is 10.1 Å². The minimum Gasteiger partial charge on any atom is -0.508 e. The maximum atomic E-state index is 9.65. The zero-order valence-electron chi connectivity index (χ0n) is 15.3. The Morgan fingerprint density at radius 2 is 1.70 bits per heavy atom. The minimum atomic E-state index is 0. The molecule has 0 bridgehead atoms. The molecule has 0 amide bonds. The first-order chi connectivity index (χ1) is 12.7. The number of hydrogen-bond donors (Lipinski definition) is 1. The number of aromatic hydroxyl groups is 1. The average Bonchev–Trinajstić information content (AvgIpc) is 2.67. The van der Waals surface area contributed by atoms with Crippen LogP contribution in [0.2, 0.25) is 0 Å². The summed E-state index contributed by atoms with van der Waals surface area (Å²) in [7, 11) is 0. The van der Waals surface area contributed by atoms with Crippen molar-refractivity contribution in [2.24, 2.45) is 5.92 Å². The first-order valence-corrected chi connectivity index (χ1v) is 9.33. The number of phenolic OH excluding ortho intramolecular Hbond substituents is 1. The van der Waals surface area contributed by atoms with Gasteiger partial charge in [0.15, 0.2) is 0 Å². The summed E-state index contributed by atoms with van der Waals surface area (Å²) >= 11 is 0. The minimum absolute atomic E-state index is 0. The van der Waals surface area contributed by atoms with Crippen LogP contribution in [0, 0.1) is 5.92 Å². The molecule has 3 aromatic carbocycles. The molecule has 5 rings (SSSR count). The molecule has 0 saturated heterocycles. The van der Waals surface area contributed by atoms with Gasteiger partial charge in [-0.15, -0.1) is 12.4 Å². The molecule has 1 aromatic heterocycles. The van der Waals surface area contributed by atoms with Crippen molar-refractivity contribution in [1.82, 2.24) is 4.98 Å². The van der Waals surface area contributed by atoms with E-state index in [1.54, 1.807) is 12.1 Å². The Morgan fingerprint density at radius 3 is 2.52 bits per heavy atom. The van der Waals surface area contributed by atoms with Crippen LogP contribution in [0.25, 0.3) is 32.9 Å². The molecular formula is C24H22ClNO. The van der Waals surface area contributed by atoms with E-state index in [0.717, 1.165) is 29.6 Å². The van der Waals surface area contributed by atoms with E-state index in [2.05, 4.69) is 43.3 Å². The molecule has 1 aliphatic carbocycles. The van der Waals surface area contributed by atoms with Crippen LogP contribution in [0.15, 0.2) is 60.7 Å². The van der Waals surface area contributed by atoms with E-state index in [0.29, 0.717) is 11.7 Å². The predicted octanol–water partition coefficient (Wildman–Crippen LogP) is 6.31. The lowest BCUT2D eigenvalue weighted by atomic mass is 9.80. The SMILES string of the molecule is CC1CCc2c(-c3ccc(O)cc3)nc3ccc4ccccc4c3c2C1.Cl. The topological polar surface area (TPSA) is 33.1 Å². The highest BCUT2D eigenvalue weighted by molar-refractivity contribution is 6.09. The van der Waals surface area contributed by atoms with Gasteiger partial charge in [0.25, 0.3) is 0 Å². The van der Waals surface area contributed by atoms with Gasteiger partial charge in [0.1, 0.15) is 5.75 Å². The second-order valence-corrected chi connectivity index (χ2v) is 7.49. The normalized spacial score (nSPS) is 16.1. The third kappa shape index (κ3) is 2.94. The highest BCUT2D eigenvalue weighted by atomic mass is 35.5. The third-order valence-electron chi connectivity index (χ3n) is 5.67. The lowest BCUT2D eigenvalue weighted by Gasteiger charge is -2.26. The number of fused-ring (bicyclic) bond motifs is 5. The van der Waals surface area contributed by atoms with Gasteiger partial charge in [0.2, 0.25) is 0 Å². The van der Waals surface area contributed by atoms with Crippen molar-refractivity contribution < 1.29 is 5.11 Å². The standard InChI is InChI=1S/C24H21NO.ClH/c1-15-6-12-20-21(14-15)23-19-5-3-2-4-16(19)9-13-22(23)25-24(20)17-7-10-18(26)11-8-17;/h2-5,7-11,13,15,26H,6,12,14H2,1H3;1H. The zero-order chi connectivity index (χ0) is 17.7. The quantitative estimate of drug-likeness (QED) is 0.395. The van der Waals surface area contributed by atoms with Crippen LogP contribution in [-0.2, 0) is 12.8 Å². The fourth-order valence-electron chi connectivity index (χ4n) is 4.35. The van der Waals surface area contributed by atoms with Crippen LogP contribution in [0.5, 0.6) is 5.75 Å². The summed E-state index contributed by atoms with van der Waals surface area (Å²) in [5, 5.41) is 13.6. The molecule has 2 nitrogen and oxygen atoms in total. The van der Waals surface area contributed by atoms with E-state index in [1.165, 1.54) is 33.7 Å². The summed E-state index contributed by atoms with van der Waals surface area (Å²) in [6.45, 7) is 2.35. The van der Waals surface area contributed by atoms with Crippen LogP contribution in [0.3, 0.4) is 0 Å². The summed E-state index contributed by atoms with van der Waals surface area (Å²) in [6, 6.07) is 20.4. The summed E-state index contributed by atoms with van der Waals surface area (Å²) in [5.74, 6) is 0.989. The number of hydrogen-bond acceptors (Lipinski definition) is 2. The Morgan fingerprint density at radius 1 is 0.926 bits per heavy atom. The number of nitrogens with zero attached hydrogens (tertiary/aromatic N) is 1. The van der Waals surface area contributed by atoms with Crippen LogP contribution in [0.4, 0.5) is 0 Å². The number of benzene rings is 3. The highest BCUT2D eigenvalue weighted by Gasteiger charge is 2.23. The molecule has 27 heavy (non-hydrogen) atoms. The van der Waals surface area contributed by atoms with Gasteiger partial charge in [-0.1, -0.05) is 37.3 Å². The van der Waals surface area contributed by atoms with Crippen molar-refractivity contribution in [3.8, 4) is 17.0 Å². The van der Waals surface area contributed by atoms with Gasteiger partial charge in [-0.2, -0.15) is 0 Å². The number of halogens is 1. The van der Waals surface area contributed by atoms with Crippen LogP contribution < -0.4 is 0 Å². The molecular weight excluding hydrogens is 354 g/mol. The Balaban J connectivity index is 0.00000180. The summed E-state index contributed by atoms with van der Waals surface area (Å²) in [5.41, 5.74) is 6.09. The molecule has 1 heterocycles. The van der Waals surface area contributed by atoms with Crippen molar-refractivity contribution in [2.45, 2.75) is 26.2 Å². The lowest BCUT2D eigenvalue weighted by Crippen LogP contribution is -2.14. The third-order valence-corrected chi connectivity index (χ3v) is 5.67. The average molecular weight is 376 g/mol. The Hall–Kier alpha value is -2.58. The van der Waals surface area contributed by atoms with Crippen LogP contribution in [0.1, 0.15) is 24.5 Å². The molecule has 1 atom stereocenters. The van der Waals surface area contributed by atoms with Crippen LogP contribution >= 0.6 is 12.4 Å². The molecule has 1 aliphatic rings. The van der Waals surface area contributed by atoms with E-state index in [1.807, 2.05) is 12.1 Å². The monoisotopic (exact) mass is 375 g/mol. The van der Waals surface area contributed by atoms with Gasteiger partial charge in [0.05, 0.1) is 11.2 Å². The molecule has 4 aromatic rings. The largest absolute Gasteiger partial charge is 0.508 e. The summed E-state index contributed by atoms with van der Waals surface area (Å²) < 4.78 is 0. The molecule has 0 fully saturated rings. The van der Waals surface area contributed by atoms with E-state index in [-0.39, 0.29) is 12.4 Å². The van der Waals surface area contributed by atoms with Crippen molar-refractivity contribution in [3.63, 3.8) is 0 Å². The molecule has 1 unspecified atom stereocenters. The molecule has 3 heteroatoms. The second kappa shape index (κ2) is 6.86. The van der Waals surface area contributed by atoms with E-state index < -0.39 is 0 Å². The summed E-state index contributed by atoms with van der Waals surface area (Å²) in [4.78, 5) is 5.08. The molecule has 0 radical (unpaired) electrons. The highest BCUT2D eigenvalue weighted by Crippen LogP contribution is 2.39. The molecule has 1 N–H and O–H groups in total. The van der Waals surface area contributed by atoms with Crippen molar-refractivity contribution in [3.05, 3.63) is 71.8 Å². The Kier molecular flexibility index (Phi) is 4.53. The first-order valence-electron chi connectivity index (χ1n) is 9.33. The number of phenols is 1. The fourth-order valence-corrected chi connectivity index (χ4v) is 4.35. The number of aromatic nitrogens is 1. The number of rotatable bonds is 1. The van der Waals surface area contributed by atoms with Crippen molar-refractivity contribution in [2.75, 3.05) is 0 Å². The van der Waals surface area contributed by atoms with Gasteiger partial charge < -0.3 is 5.11 Å². The smallest absolute Gasteiger partial charge is 0.115 e. The van der Waals surface area contributed by atoms with E-state index in [4.69, 9.17) is 4.98 Å². The van der Waals surface area contributed by atoms with Crippen molar-refractivity contribution >= 4 is 34.1 Å². The van der Waals surface area contributed by atoms with Gasteiger partial charge in [0, 0.05) is 10.9 Å². The zero-order valence-corrected chi connectivity index (χ0v) is 16.1. The lowest BCUT2D eigenvalue weighted by molar-refractivity contribution is 0.475. The van der Waals surface area contributed by atoms with Gasteiger partial charge in [-0.05, 0) is 77.4 Å². The van der Waals surface area contributed by atoms with Gasteiger partial charge in [-0.3, -0.25) is 0 Å². The number of pyridine rings is 1. The van der Waals surface area contributed by atoms with Gasteiger partial charge in [-0.25, -0.2) is 4.98 Å².